The summed E-state index contributed by atoms with van der Waals surface area (Å²) in [5, 5.41) is 21.6. The summed E-state index contributed by atoms with van der Waals surface area (Å²) < 4.78 is 6.00. The van der Waals surface area contributed by atoms with Gasteiger partial charge in [0.2, 0.25) is 11.6 Å². The van der Waals surface area contributed by atoms with Crippen LogP contribution in [0.4, 0.5) is 5.82 Å². The normalized spacial score (nSPS) is 11.5. The maximum absolute atomic E-state index is 13.0. The molecule has 1 amide bonds. The van der Waals surface area contributed by atoms with Crippen molar-refractivity contribution in [3.05, 3.63) is 83.4 Å². The van der Waals surface area contributed by atoms with Crippen molar-refractivity contribution in [1.82, 2.24) is 30.7 Å². The van der Waals surface area contributed by atoms with Crippen LogP contribution in [0.25, 0.3) is 27.5 Å². The molecule has 11 heteroatoms. The molecule has 2 aromatic carbocycles. The van der Waals surface area contributed by atoms with E-state index in [0.717, 1.165) is 21.6 Å². The van der Waals surface area contributed by atoms with Crippen molar-refractivity contribution >= 4 is 28.8 Å². The minimum absolute atomic E-state index is 0.0301. The zero-order valence-corrected chi connectivity index (χ0v) is 18.7. The Labute approximate surface area is 197 Å². The first-order valence-corrected chi connectivity index (χ1v) is 11.1. The Morgan fingerprint density at radius 3 is 2.47 bits per heavy atom. The van der Waals surface area contributed by atoms with Crippen LogP contribution in [0.5, 0.6) is 0 Å². The second kappa shape index (κ2) is 9.08. The minimum atomic E-state index is -0.523. The van der Waals surface area contributed by atoms with Gasteiger partial charge in [-0.1, -0.05) is 65.9 Å². The van der Waals surface area contributed by atoms with Crippen LogP contribution in [-0.4, -0.2) is 36.9 Å². The van der Waals surface area contributed by atoms with Gasteiger partial charge in [-0.25, -0.2) is 10.1 Å². The lowest BCUT2D eigenvalue weighted by molar-refractivity contribution is 0.0950. The van der Waals surface area contributed by atoms with Crippen molar-refractivity contribution in [3.63, 3.8) is 0 Å². The van der Waals surface area contributed by atoms with E-state index in [2.05, 4.69) is 47.9 Å². The van der Waals surface area contributed by atoms with Gasteiger partial charge in [0.25, 0.3) is 5.91 Å². The molecular weight excluding hydrogens is 452 g/mol. The summed E-state index contributed by atoms with van der Waals surface area (Å²) in [5.41, 5.74) is 12.6. The number of hydrogen-bond donors (Lipinski definition) is 2. The Hall–Kier alpha value is -4.64. The van der Waals surface area contributed by atoms with Gasteiger partial charge >= 0.3 is 0 Å². The molecule has 0 aliphatic carbocycles. The van der Waals surface area contributed by atoms with Crippen LogP contribution in [-0.2, 0) is 0 Å². The lowest BCUT2D eigenvalue weighted by Crippen LogP contribution is -2.20. The third-order valence-electron chi connectivity index (χ3n) is 5.07. The van der Waals surface area contributed by atoms with Crippen LogP contribution < -0.4 is 11.2 Å². The number of hydrazone groups is 1. The standard InChI is InChI=1S/C23H18N8O2S/c1-14(15-9-11-17(12-10-15)16-6-3-2-4-7-16)25-27-23(32)19-20(18-8-5-13-34-18)31(30-26-19)22-21(24)28-33-29-22/h2-13H,1H3,(H2,24,28)(H,27,32)/b25-14+. The predicted molar refractivity (Wildman–Crippen MR) is 128 cm³/mol. The highest BCUT2D eigenvalue weighted by molar-refractivity contribution is 7.13. The SMILES string of the molecule is C/C(=N\NC(=O)c1nnn(-c2nonc2N)c1-c1cccs1)c1ccc(-c2ccccc2)cc1. The largest absolute Gasteiger partial charge is 0.378 e. The minimum Gasteiger partial charge on any atom is -0.378 e. The molecule has 0 fully saturated rings. The summed E-state index contributed by atoms with van der Waals surface area (Å²) in [6.07, 6.45) is 0. The molecule has 34 heavy (non-hydrogen) atoms. The Bertz CT molecular complexity index is 1450. The highest BCUT2D eigenvalue weighted by Gasteiger charge is 2.25. The molecule has 0 radical (unpaired) electrons. The number of nitrogens with one attached hydrogen (secondary N) is 1. The van der Waals surface area contributed by atoms with Gasteiger partial charge < -0.3 is 5.73 Å². The Morgan fingerprint density at radius 2 is 1.79 bits per heavy atom. The molecular formula is C23H18N8O2S. The number of carbonyl (C=O) groups is 1. The topological polar surface area (TPSA) is 137 Å². The fourth-order valence-electron chi connectivity index (χ4n) is 3.34. The first-order chi connectivity index (χ1) is 16.6. The van der Waals surface area contributed by atoms with Crippen LogP contribution in [0.1, 0.15) is 23.0 Å². The summed E-state index contributed by atoms with van der Waals surface area (Å²) >= 11 is 1.41. The van der Waals surface area contributed by atoms with Gasteiger partial charge in [-0.15, -0.1) is 16.4 Å². The number of thiophene rings is 1. The molecule has 10 nitrogen and oxygen atoms in total. The predicted octanol–water partition coefficient (Wildman–Crippen LogP) is 3.78. The van der Waals surface area contributed by atoms with Crippen molar-refractivity contribution in [2.24, 2.45) is 5.10 Å². The number of anilines is 1. The monoisotopic (exact) mass is 470 g/mol. The van der Waals surface area contributed by atoms with Crippen LogP contribution in [0.15, 0.2) is 81.8 Å². The van der Waals surface area contributed by atoms with Crippen molar-refractivity contribution < 1.29 is 9.42 Å². The van der Waals surface area contributed by atoms with Gasteiger partial charge in [-0.3, -0.25) is 4.79 Å². The first-order valence-electron chi connectivity index (χ1n) is 10.2. The zero-order chi connectivity index (χ0) is 23.5. The summed E-state index contributed by atoms with van der Waals surface area (Å²) in [4.78, 5) is 13.7. The Balaban J connectivity index is 1.39. The van der Waals surface area contributed by atoms with E-state index >= 15 is 0 Å². The highest BCUT2D eigenvalue weighted by atomic mass is 32.1. The number of rotatable bonds is 6. The van der Waals surface area contributed by atoms with E-state index in [1.807, 2.05) is 66.9 Å². The van der Waals surface area contributed by atoms with Crippen molar-refractivity contribution in [2.45, 2.75) is 6.92 Å². The molecule has 5 aromatic rings. The maximum Gasteiger partial charge on any atom is 0.294 e. The van der Waals surface area contributed by atoms with E-state index in [9.17, 15) is 4.79 Å². The van der Waals surface area contributed by atoms with Crippen LogP contribution >= 0.6 is 11.3 Å². The first kappa shape index (κ1) is 21.2. The molecule has 0 saturated carbocycles. The molecule has 0 saturated heterocycles. The lowest BCUT2D eigenvalue weighted by Gasteiger charge is -2.06. The molecule has 5 rings (SSSR count). The molecule has 0 atom stereocenters. The molecule has 0 bridgehead atoms. The van der Waals surface area contributed by atoms with E-state index in [0.29, 0.717) is 11.4 Å². The van der Waals surface area contributed by atoms with Crippen molar-refractivity contribution in [2.75, 3.05) is 5.73 Å². The number of nitrogen functional groups attached to an aromatic ring is 1. The number of amides is 1. The third-order valence-corrected chi connectivity index (χ3v) is 5.95. The molecule has 0 spiro atoms. The number of aromatic nitrogens is 5. The highest BCUT2D eigenvalue weighted by Crippen LogP contribution is 2.29. The number of carbonyl (C=O) groups excluding carboxylic acids is 1. The number of nitrogens with zero attached hydrogens (tertiary/aromatic N) is 6. The van der Waals surface area contributed by atoms with Crippen LogP contribution in [0.3, 0.4) is 0 Å². The fraction of sp³-hybridized carbons (Fsp3) is 0.0435. The molecule has 0 aliphatic heterocycles. The van der Waals surface area contributed by atoms with E-state index < -0.39 is 5.91 Å². The molecule has 168 valence electrons. The summed E-state index contributed by atoms with van der Waals surface area (Å²) in [6, 6.07) is 21.7. The zero-order valence-electron chi connectivity index (χ0n) is 17.9. The average molecular weight is 471 g/mol. The van der Waals surface area contributed by atoms with Gasteiger partial charge in [0.1, 0.15) is 5.69 Å². The molecule has 3 heterocycles. The third kappa shape index (κ3) is 4.07. The van der Waals surface area contributed by atoms with Gasteiger partial charge in [0.15, 0.2) is 5.69 Å². The van der Waals surface area contributed by atoms with E-state index in [4.69, 9.17) is 5.73 Å². The van der Waals surface area contributed by atoms with Crippen molar-refractivity contribution in [1.29, 1.82) is 0 Å². The van der Waals surface area contributed by atoms with E-state index in [-0.39, 0.29) is 17.3 Å². The van der Waals surface area contributed by atoms with Gasteiger partial charge in [-0.05, 0) is 45.4 Å². The molecule has 3 N–H and O–H groups in total. The lowest BCUT2D eigenvalue weighted by atomic mass is 10.0. The van der Waals surface area contributed by atoms with Gasteiger partial charge in [0, 0.05) is 0 Å². The van der Waals surface area contributed by atoms with Crippen LogP contribution in [0.2, 0.25) is 0 Å². The summed E-state index contributed by atoms with van der Waals surface area (Å²) in [5.74, 6) is -0.347. The second-order valence-corrected chi connectivity index (χ2v) is 8.18. The molecule has 3 aromatic heterocycles. The average Bonchev–Trinajstić information content (AvgIpc) is 3.63. The molecule has 0 aliphatic rings. The van der Waals surface area contributed by atoms with Gasteiger partial charge in [0.05, 0.1) is 10.6 Å². The number of benzene rings is 2. The van der Waals surface area contributed by atoms with E-state index in [1.54, 1.807) is 0 Å². The van der Waals surface area contributed by atoms with Crippen molar-refractivity contribution in [3.8, 4) is 27.5 Å². The molecule has 0 unspecified atom stereocenters. The number of nitrogens with two attached hydrogens (primary N) is 1. The maximum atomic E-state index is 13.0. The van der Waals surface area contributed by atoms with Gasteiger partial charge in [-0.2, -0.15) is 9.78 Å². The summed E-state index contributed by atoms with van der Waals surface area (Å²) in [7, 11) is 0. The summed E-state index contributed by atoms with van der Waals surface area (Å²) in [6.45, 7) is 1.82. The quantitative estimate of drug-likeness (QED) is 0.284. The number of hydrogen-bond acceptors (Lipinski definition) is 9. The smallest absolute Gasteiger partial charge is 0.294 e. The van der Waals surface area contributed by atoms with E-state index in [1.165, 1.54) is 16.0 Å². The second-order valence-electron chi connectivity index (χ2n) is 7.23. The fourth-order valence-corrected chi connectivity index (χ4v) is 4.10. The Morgan fingerprint density at radius 1 is 1.03 bits per heavy atom. The Kier molecular flexibility index (Phi) is 5.67. The van der Waals surface area contributed by atoms with Crippen LogP contribution in [0, 0.1) is 0 Å².